The first-order valence-electron chi connectivity index (χ1n) is 5.94. The molecule has 22 heavy (non-hydrogen) atoms. The summed E-state index contributed by atoms with van der Waals surface area (Å²) in [4.78, 5) is 23.5. The molecule has 0 bridgehead atoms. The molecule has 0 atom stereocenters. The van der Waals surface area contributed by atoms with Crippen molar-refractivity contribution >= 4 is 39.8 Å². The number of esters is 1. The van der Waals surface area contributed by atoms with E-state index < -0.39 is 18.5 Å². The van der Waals surface area contributed by atoms with Gasteiger partial charge in [0.25, 0.3) is 5.91 Å². The molecule has 1 aromatic carbocycles. The molecular formula is C14H9ClN2O4S. The van der Waals surface area contributed by atoms with Crippen LogP contribution in [0, 0.1) is 11.3 Å². The molecule has 0 aliphatic carbocycles. The van der Waals surface area contributed by atoms with Gasteiger partial charge in [-0.3, -0.25) is 4.79 Å². The maximum absolute atomic E-state index is 11.8. The van der Waals surface area contributed by atoms with Gasteiger partial charge in [-0.15, -0.1) is 11.3 Å². The Morgan fingerprint density at radius 2 is 2.18 bits per heavy atom. The Bertz CT molecular complexity index is 766. The van der Waals surface area contributed by atoms with E-state index >= 15 is 0 Å². The van der Waals surface area contributed by atoms with E-state index in [2.05, 4.69) is 5.32 Å². The largest absolute Gasteiger partial charge is 0.507 e. The lowest BCUT2D eigenvalue weighted by Crippen LogP contribution is -2.20. The number of nitriles is 1. The molecular weight excluding hydrogens is 328 g/mol. The molecule has 0 radical (unpaired) electrons. The van der Waals surface area contributed by atoms with Gasteiger partial charge in [0.05, 0.1) is 5.56 Å². The minimum atomic E-state index is -0.873. The first-order valence-corrected chi connectivity index (χ1v) is 7.20. The highest BCUT2D eigenvalue weighted by atomic mass is 35.5. The van der Waals surface area contributed by atoms with Crippen LogP contribution in [0.3, 0.4) is 0 Å². The average molecular weight is 337 g/mol. The van der Waals surface area contributed by atoms with Crippen LogP contribution in [0.4, 0.5) is 5.00 Å². The van der Waals surface area contributed by atoms with Crippen molar-refractivity contribution in [3.05, 3.63) is 45.8 Å². The number of aromatic hydroxyl groups is 1. The molecule has 1 aromatic heterocycles. The number of phenols is 1. The van der Waals surface area contributed by atoms with Gasteiger partial charge in [-0.05, 0) is 29.6 Å². The smallest absolute Gasteiger partial charge is 0.342 e. The van der Waals surface area contributed by atoms with Crippen LogP contribution in [0.25, 0.3) is 0 Å². The monoisotopic (exact) mass is 336 g/mol. The highest BCUT2D eigenvalue weighted by molar-refractivity contribution is 7.14. The molecule has 112 valence electrons. The number of nitrogens with one attached hydrogen (secondary N) is 1. The molecule has 0 fully saturated rings. The number of phenolic OH excluding ortho intramolecular Hbond substituents is 1. The third-order valence-corrected chi connectivity index (χ3v) is 3.62. The topological polar surface area (TPSA) is 99.4 Å². The molecule has 0 spiro atoms. The van der Waals surface area contributed by atoms with E-state index in [0.717, 1.165) is 0 Å². The van der Waals surface area contributed by atoms with Crippen LogP contribution in [0.5, 0.6) is 5.75 Å². The van der Waals surface area contributed by atoms with Gasteiger partial charge in [-0.2, -0.15) is 5.26 Å². The summed E-state index contributed by atoms with van der Waals surface area (Å²) in [6, 6.07) is 7.40. The maximum atomic E-state index is 11.8. The van der Waals surface area contributed by atoms with Crippen molar-refractivity contribution in [3.63, 3.8) is 0 Å². The molecule has 6 nitrogen and oxygen atoms in total. The minimum absolute atomic E-state index is 0.130. The van der Waals surface area contributed by atoms with Crippen molar-refractivity contribution in [2.45, 2.75) is 0 Å². The second-order valence-electron chi connectivity index (χ2n) is 4.06. The van der Waals surface area contributed by atoms with Crippen molar-refractivity contribution in [1.82, 2.24) is 0 Å². The van der Waals surface area contributed by atoms with Gasteiger partial charge in [-0.25, -0.2) is 4.79 Å². The fraction of sp³-hybridized carbons (Fsp3) is 0.0714. The normalized spacial score (nSPS) is 9.82. The Morgan fingerprint density at radius 3 is 2.91 bits per heavy atom. The Kier molecular flexibility index (Phi) is 4.99. The van der Waals surface area contributed by atoms with Gasteiger partial charge in [0.1, 0.15) is 22.4 Å². The lowest BCUT2D eigenvalue weighted by atomic mass is 10.2. The number of carbonyl (C=O) groups is 2. The SMILES string of the molecule is N#Cc1ccsc1NC(=O)COC(=O)c1cc(Cl)ccc1O. The number of rotatable bonds is 4. The van der Waals surface area contributed by atoms with Crippen molar-refractivity contribution in [1.29, 1.82) is 5.26 Å². The number of amides is 1. The van der Waals surface area contributed by atoms with Gasteiger partial charge in [0.2, 0.25) is 0 Å². The lowest BCUT2D eigenvalue weighted by molar-refractivity contribution is -0.119. The molecule has 2 aromatic rings. The highest BCUT2D eigenvalue weighted by Gasteiger charge is 2.16. The first kappa shape index (κ1) is 15.8. The van der Waals surface area contributed by atoms with E-state index in [1.807, 2.05) is 6.07 Å². The molecule has 0 unspecified atom stereocenters. The molecule has 0 aliphatic rings. The van der Waals surface area contributed by atoms with Gasteiger partial charge in [-0.1, -0.05) is 11.6 Å². The van der Waals surface area contributed by atoms with Crippen LogP contribution in [0.2, 0.25) is 5.02 Å². The summed E-state index contributed by atoms with van der Waals surface area (Å²) in [7, 11) is 0. The number of ether oxygens (including phenoxy) is 1. The molecule has 8 heteroatoms. The molecule has 2 N–H and O–H groups in total. The van der Waals surface area contributed by atoms with E-state index in [4.69, 9.17) is 21.6 Å². The third-order valence-electron chi connectivity index (χ3n) is 2.55. The Hall–Kier alpha value is -2.56. The van der Waals surface area contributed by atoms with Crippen molar-refractivity contribution in [3.8, 4) is 11.8 Å². The summed E-state index contributed by atoms with van der Waals surface area (Å²) >= 11 is 6.91. The molecule has 1 amide bonds. The number of hydrogen-bond acceptors (Lipinski definition) is 6. The predicted octanol–water partition coefficient (Wildman–Crippen LogP) is 2.77. The summed E-state index contributed by atoms with van der Waals surface area (Å²) in [6.07, 6.45) is 0. The van der Waals surface area contributed by atoms with Crippen molar-refractivity contribution < 1.29 is 19.4 Å². The second kappa shape index (κ2) is 6.93. The highest BCUT2D eigenvalue weighted by Crippen LogP contribution is 2.23. The van der Waals surface area contributed by atoms with Crippen LogP contribution in [-0.4, -0.2) is 23.6 Å². The quantitative estimate of drug-likeness (QED) is 0.836. The van der Waals surface area contributed by atoms with Gasteiger partial charge in [0, 0.05) is 5.02 Å². The van der Waals surface area contributed by atoms with Crippen LogP contribution in [0.15, 0.2) is 29.6 Å². The number of nitrogens with zero attached hydrogens (tertiary/aromatic N) is 1. The standard InChI is InChI=1S/C14H9ClN2O4S/c15-9-1-2-11(18)10(5-9)14(20)21-7-12(19)17-13-8(6-16)3-4-22-13/h1-5,18H,7H2,(H,17,19). The van der Waals surface area contributed by atoms with E-state index in [0.29, 0.717) is 10.6 Å². The van der Waals surface area contributed by atoms with Crippen LogP contribution < -0.4 is 5.32 Å². The molecule has 0 aliphatic heterocycles. The molecule has 0 saturated heterocycles. The van der Waals surface area contributed by atoms with Crippen LogP contribution in [0.1, 0.15) is 15.9 Å². The number of hydrogen-bond donors (Lipinski definition) is 2. The van der Waals surface area contributed by atoms with Crippen LogP contribution >= 0.6 is 22.9 Å². The van der Waals surface area contributed by atoms with Gasteiger partial charge >= 0.3 is 5.97 Å². The molecule has 2 rings (SSSR count). The summed E-state index contributed by atoms with van der Waals surface area (Å²) in [5.74, 6) is -1.75. The Balaban J connectivity index is 1.95. The molecule has 1 heterocycles. The fourth-order valence-corrected chi connectivity index (χ4v) is 2.46. The van der Waals surface area contributed by atoms with E-state index in [-0.39, 0.29) is 16.3 Å². The van der Waals surface area contributed by atoms with E-state index in [1.54, 1.807) is 11.4 Å². The first-order chi connectivity index (χ1) is 10.5. The van der Waals surface area contributed by atoms with Crippen LogP contribution in [-0.2, 0) is 9.53 Å². The number of benzene rings is 1. The number of anilines is 1. The van der Waals surface area contributed by atoms with Gasteiger partial charge < -0.3 is 15.2 Å². The number of carbonyl (C=O) groups excluding carboxylic acids is 2. The second-order valence-corrected chi connectivity index (χ2v) is 5.41. The maximum Gasteiger partial charge on any atom is 0.342 e. The molecule has 0 saturated carbocycles. The van der Waals surface area contributed by atoms with E-state index in [1.165, 1.54) is 29.5 Å². The van der Waals surface area contributed by atoms with E-state index in [9.17, 15) is 14.7 Å². The predicted molar refractivity (Wildman–Crippen MR) is 81.1 cm³/mol. The van der Waals surface area contributed by atoms with Gasteiger partial charge in [0.15, 0.2) is 6.61 Å². The number of halogens is 1. The van der Waals surface area contributed by atoms with Crippen molar-refractivity contribution in [2.24, 2.45) is 0 Å². The summed E-state index contributed by atoms with van der Waals surface area (Å²) in [6.45, 7) is -0.548. The van der Waals surface area contributed by atoms with Crippen molar-refractivity contribution in [2.75, 3.05) is 11.9 Å². The zero-order valence-electron chi connectivity index (χ0n) is 11.0. The zero-order chi connectivity index (χ0) is 16.1. The summed E-state index contributed by atoms with van der Waals surface area (Å²) in [5.41, 5.74) is 0.200. The summed E-state index contributed by atoms with van der Waals surface area (Å²) in [5, 5.41) is 23.1. The zero-order valence-corrected chi connectivity index (χ0v) is 12.6. The summed E-state index contributed by atoms with van der Waals surface area (Å²) < 4.78 is 4.80. The Morgan fingerprint density at radius 1 is 1.41 bits per heavy atom. The number of thiophene rings is 1. The fourth-order valence-electron chi connectivity index (χ4n) is 1.54. The average Bonchev–Trinajstić information content (AvgIpc) is 2.94. The lowest BCUT2D eigenvalue weighted by Gasteiger charge is -2.07. The minimum Gasteiger partial charge on any atom is -0.507 e. The Labute approximate surface area is 134 Å². The third kappa shape index (κ3) is 3.75.